The fourth-order valence-electron chi connectivity index (χ4n) is 0.800. The summed E-state index contributed by atoms with van der Waals surface area (Å²) in [5.74, 6) is 6.04. The molecule has 70 valence electrons. The maximum absolute atomic E-state index is 5.53. The first-order valence-corrected chi connectivity index (χ1v) is 5.73. The van der Waals surface area contributed by atoms with Crippen molar-refractivity contribution in [2.75, 3.05) is 7.05 Å². The Labute approximate surface area is 84.3 Å². The highest BCUT2D eigenvalue weighted by Gasteiger charge is 2.09. The van der Waals surface area contributed by atoms with Gasteiger partial charge < -0.3 is 4.74 Å². The van der Waals surface area contributed by atoms with E-state index in [4.69, 9.17) is 22.4 Å². The molecule has 1 atom stereocenters. The maximum atomic E-state index is 5.53. The summed E-state index contributed by atoms with van der Waals surface area (Å²) in [4.78, 5) is 0. The van der Waals surface area contributed by atoms with E-state index in [1.54, 1.807) is 7.05 Å². The van der Waals surface area contributed by atoms with Gasteiger partial charge in [-0.15, -0.1) is 0 Å². The number of ether oxygens (including phenoxy) is 1. The highest BCUT2D eigenvalue weighted by molar-refractivity contribution is 7.96. The summed E-state index contributed by atoms with van der Waals surface area (Å²) in [6.45, 7) is 0. The molecule has 13 heavy (non-hydrogen) atoms. The zero-order valence-corrected chi connectivity index (χ0v) is 8.96. The highest BCUT2D eigenvalue weighted by Crippen LogP contribution is 2.16. The molecule has 0 spiro atoms. The maximum Gasteiger partial charge on any atom is 0.217 e. The largest absolute Gasteiger partial charge is 0.465 e. The fraction of sp³-hybridized carbons (Fsp3) is 0.250. The lowest BCUT2D eigenvalue weighted by Gasteiger charge is -2.19. The van der Waals surface area contributed by atoms with Gasteiger partial charge in [-0.3, -0.25) is 5.84 Å². The standard InChI is InChI=1S/C8H11N2OPS/c1-10(9)8(12-13)11-7-5-3-2-4-6-7/h2-6,8H,9H2,1H3. The van der Waals surface area contributed by atoms with Crippen molar-refractivity contribution in [3.05, 3.63) is 30.3 Å². The molecule has 0 heterocycles. The van der Waals surface area contributed by atoms with E-state index in [1.807, 2.05) is 30.3 Å². The number of hydrazine groups is 1. The van der Waals surface area contributed by atoms with Gasteiger partial charge in [-0.1, -0.05) is 30.0 Å². The molecule has 1 aromatic carbocycles. The predicted molar refractivity (Wildman–Crippen MR) is 57.1 cm³/mol. The van der Waals surface area contributed by atoms with Crippen LogP contribution in [-0.2, 0) is 11.8 Å². The number of nitrogens with zero attached hydrogens (tertiary/aromatic N) is 1. The summed E-state index contributed by atoms with van der Waals surface area (Å²) < 4.78 is 5.51. The second-order valence-corrected chi connectivity index (χ2v) is 3.81. The van der Waals surface area contributed by atoms with Crippen LogP contribution in [0.1, 0.15) is 0 Å². The predicted octanol–water partition coefficient (Wildman–Crippen LogP) is 1.56. The molecule has 0 aliphatic rings. The lowest BCUT2D eigenvalue weighted by atomic mass is 10.3. The Morgan fingerprint density at radius 1 is 1.46 bits per heavy atom. The SMILES string of the molecule is CN(N)C(Oc1ccccc1)P=S. The Morgan fingerprint density at radius 3 is 2.54 bits per heavy atom. The quantitative estimate of drug-likeness (QED) is 0.357. The van der Waals surface area contributed by atoms with Crippen LogP contribution in [0.4, 0.5) is 0 Å². The molecule has 0 saturated carbocycles. The minimum atomic E-state index is -0.266. The molecule has 0 aromatic heterocycles. The number of para-hydroxylation sites is 1. The normalized spacial score (nSPS) is 13.2. The van der Waals surface area contributed by atoms with Crippen LogP contribution in [0, 0.1) is 0 Å². The van der Waals surface area contributed by atoms with E-state index in [1.165, 1.54) is 5.01 Å². The van der Waals surface area contributed by atoms with Crippen molar-refractivity contribution in [2.45, 2.75) is 5.97 Å². The molecule has 0 saturated heterocycles. The van der Waals surface area contributed by atoms with E-state index in [0.717, 1.165) is 5.75 Å². The minimum absolute atomic E-state index is 0.266. The first-order chi connectivity index (χ1) is 6.24. The molecular weight excluding hydrogens is 203 g/mol. The van der Waals surface area contributed by atoms with Crippen LogP contribution < -0.4 is 10.6 Å². The van der Waals surface area contributed by atoms with E-state index in [-0.39, 0.29) is 5.97 Å². The van der Waals surface area contributed by atoms with Crippen molar-refractivity contribution in [3.8, 4) is 5.75 Å². The Morgan fingerprint density at radius 2 is 2.08 bits per heavy atom. The van der Waals surface area contributed by atoms with E-state index >= 15 is 0 Å². The third-order valence-electron chi connectivity index (χ3n) is 1.42. The molecule has 0 aliphatic heterocycles. The molecule has 0 amide bonds. The Bertz CT molecular complexity index is 268. The summed E-state index contributed by atoms with van der Waals surface area (Å²) in [7, 11) is 2.40. The highest BCUT2D eigenvalue weighted by atomic mass is 32.4. The Hall–Kier alpha value is -0.540. The van der Waals surface area contributed by atoms with Gasteiger partial charge in [0.25, 0.3) is 0 Å². The van der Waals surface area contributed by atoms with Crippen molar-refractivity contribution >= 4 is 19.2 Å². The van der Waals surface area contributed by atoms with Crippen molar-refractivity contribution in [2.24, 2.45) is 5.84 Å². The van der Waals surface area contributed by atoms with E-state index < -0.39 is 0 Å². The van der Waals surface area contributed by atoms with Crippen LogP contribution in [0.5, 0.6) is 5.75 Å². The number of hydrogen-bond donors (Lipinski definition) is 1. The van der Waals surface area contributed by atoms with Gasteiger partial charge in [0.15, 0.2) is 0 Å². The minimum Gasteiger partial charge on any atom is -0.465 e. The molecule has 2 N–H and O–H groups in total. The fourth-order valence-corrected chi connectivity index (χ4v) is 1.69. The van der Waals surface area contributed by atoms with Gasteiger partial charge in [0.2, 0.25) is 5.97 Å². The molecule has 0 bridgehead atoms. The van der Waals surface area contributed by atoms with Crippen LogP contribution in [0.15, 0.2) is 30.3 Å². The summed E-state index contributed by atoms with van der Waals surface area (Å²) in [5, 5.41) is 1.46. The van der Waals surface area contributed by atoms with Gasteiger partial charge in [0, 0.05) is 14.4 Å². The van der Waals surface area contributed by atoms with Gasteiger partial charge in [-0.05, 0) is 12.1 Å². The van der Waals surface area contributed by atoms with Gasteiger partial charge in [0.05, 0.1) is 0 Å². The molecule has 1 unspecified atom stereocenters. The average Bonchev–Trinajstić information content (AvgIpc) is 2.15. The monoisotopic (exact) mass is 214 g/mol. The summed E-state index contributed by atoms with van der Waals surface area (Å²) in [6.07, 6.45) is 0. The first-order valence-electron chi connectivity index (χ1n) is 3.75. The summed E-state index contributed by atoms with van der Waals surface area (Å²) >= 11 is 4.87. The number of rotatable bonds is 4. The van der Waals surface area contributed by atoms with E-state index in [2.05, 4.69) is 0 Å². The van der Waals surface area contributed by atoms with Crippen molar-refractivity contribution < 1.29 is 4.74 Å². The Balaban J connectivity index is 2.62. The molecule has 3 nitrogen and oxygen atoms in total. The first kappa shape index (κ1) is 10.5. The molecule has 5 heteroatoms. The van der Waals surface area contributed by atoms with E-state index in [9.17, 15) is 0 Å². The van der Waals surface area contributed by atoms with Gasteiger partial charge in [-0.2, -0.15) is 0 Å². The summed E-state index contributed by atoms with van der Waals surface area (Å²) in [5.41, 5.74) is 0. The molecule has 0 fully saturated rings. The van der Waals surface area contributed by atoms with Crippen LogP contribution >= 0.6 is 7.36 Å². The number of hydrogen-bond acceptors (Lipinski definition) is 4. The zero-order valence-electron chi connectivity index (χ0n) is 7.25. The van der Waals surface area contributed by atoms with Gasteiger partial charge >= 0.3 is 0 Å². The van der Waals surface area contributed by atoms with E-state index in [0.29, 0.717) is 7.36 Å². The van der Waals surface area contributed by atoms with Crippen LogP contribution in [0.3, 0.4) is 0 Å². The van der Waals surface area contributed by atoms with Crippen molar-refractivity contribution in [1.82, 2.24) is 5.01 Å². The van der Waals surface area contributed by atoms with Crippen molar-refractivity contribution in [1.29, 1.82) is 0 Å². The van der Waals surface area contributed by atoms with Gasteiger partial charge in [0.1, 0.15) is 5.75 Å². The van der Waals surface area contributed by atoms with Gasteiger partial charge in [-0.25, -0.2) is 5.01 Å². The summed E-state index contributed by atoms with van der Waals surface area (Å²) in [6, 6.07) is 9.49. The molecule has 0 aliphatic carbocycles. The third-order valence-corrected chi connectivity index (χ3v) is 2.61. The van der Waals surface area contributed by atoms with Crippen LogP contribution in [0.2, 0.25) is 0 Å². The number of nitrogens with two attached hydrogens (primary N) is 1. The van der Waals surface area contributed by atoms with Crippen LogP contribution in [-0.4, -0.2) is 18.0 Å². The molecular formula is C8H11N2OPS. The number of benzene rings is 1. The second kappa shape index (κ2) is 5.25. The smallest absolute Gasteiger partial charge is 0.217 e. The van der Waals surface area contributed by atoms with Crippen LogP contribution in [0.25, 0.3) is 0 Å². The molecule has 0 radical (unpaired) electrons. The molecule has 1 rings (SSSR count). The second-order valence-electron chi connectivity index (χ2n) is 2.53. The lowest BCUT2D eigenvalue weighted by Crippen LogP contribution is -2.37. The third kappa shape index (κ3) is 3.36. The topological polar surface area (TPSA) is 38.5 Å². The lowest BCUT2D eigenvalue weighted by molar-refractivity contribution is 0.120. The van der Waals surface area contributed by atoms with Crippen molar-refractivity contribution in [3.63, 3.8) is 0 Å². The zero-order chi connectivity index (χ0) is 9.68. The average molecular weight is 214 g/mol. The Kier molecular flexibility index (Phi) is 4.25. The molecule has 1 aromatic rings.